The molecule has 24 heavy (non-hydrogen) atoms. The van der Waals surface area contributed by atoms with E-state index >= 15 is 0 Å². The number of aromatic nitrogens is 2. The molecule has 0 aliphatic rings. The third-order valence-corrected chi connectivity index (χ3v) is 3.78. The largest absolute Gasteiger partial charge is 0.228 e. The topological polar surface area (TPSA) is 25.8 Å². The summed E-state index contributed by atoms with van der Waals surface area (Å²) in [5.74, 6) is 0.746. The molecule has 3 aromatic rings. The van der Waals surface area contributed by atoms with Crippen LogP contribution in [-0.2, 0) is 0 Å². The molecule has 2 aromatic carbocycles. The quantitative estimate of drug-likeness (QED) is 0.570. The van der Waals surface area contributed by atoms with Crippen LogP contribution in [0, 0.1) is 0 Å². The Morgan fingerprint density at radius 2 is 1.25 bits per heavy atom. The normalized spacial score (nSPS) is 11.8. The maximum absolute atomic E-state index is 4.79. The summed E-state index contributed by atoms with van der Waals surface area (Å²) in [6, 6.07) is 22.5. The van der Waals surface area contributed by atoms with Crippen molar-refractivity contribution >= 4 is 5.57 Å². The second kappa shape index (κ2) is 7.51. The Bertz CT molecular complexity index is 805. The van der Waals surface area contributed by atoms with E-state index in [1.54, 1.807) is 0 Å². The lowest BCUT2D eigenvalue weighted by atomic mass is 10.1. The monoisotopic (exact) mass is 312 g/mol. The minimum Gasteiger partial charge on any atom is -0.228 e. The van der Waals surface area contributed by atoms with Crippen molar-refractivity contribution in [3.63, 3.8) is 0 Å². The van der Waals surface area contributed by atoms with Crippen LogP contribution in [0.4, 0.5) is 0 Å². The first-order valence-electron chi connectivity index (χ1n) is 8.11. The number of hydrogen-bond acceptors (Lipinski definition) is 2. The van der Waals surface area contributed by atoms with Crippen molar-refractivity contribution in [3.05, 3.63) is 90.8 Å². The van der Waals surface area contributed by atoms with Gasteiger partial charge >= 0.3 is 0 Å². The molecule has 0 radical (unpaired) electrons. The van der Waals surface area contributed by atoms with Crippen LogP contribution in [0.2, 0.25) is 0 Å². The van der Waals surface area contributed by atoms with Crippen LogP contribution < -0.4 is 0 Å². The van der Waals surface area contributed by atoms with Gasteiger partial charge in [-0.3, -0.25) is 0 Å². The Labute approximate surface area is 143 Å². The van der Waals surface area contributed by atoms with E-state index in [-0.39, 0.29) is 0 Å². The summed E-state index contributed by atoms with van der Waals surface area (Å²) in [5, 5.41) is 0. The molecule has 0 fully saturated rings. The lowest BCUT2D eigenvalue weighted by Gasteiger charge is -2.09. The molecule has 0 saturated heterocycles. The number of allylic oxidation sites excluding steroid dienone is 4. The highest BCUT2D eigenvalue weighted by atomic mass is 14.9. The molecule has 0 bridgehead atoms. The number of nitrogens with zero attached hydrogens (tertiary/aromatic N) is 2. The van der Waals surface area contributed by atoms with E-state index in [0.29, 0.717) is 0 Å². The molecule has 3 rings (SSSR count). The van der Waals surface area contributed by atoms with Crippen molar-refractivity contribution < 1.29 is 0 Å². The molecule has 1 aromatic heterocycles. The summed E-state index contributed by atoms with van der Waals surface area (Å²) >= 11 is 0. The smallest absolute Gasteiger partial charge is 0.160 e. The average molecular weight is 312 g/mol. The van der Waals surface area contributed by atoms with Crippen LogP contribution in [0.25, 0.3) is 28.1 Å². The van der Waals surface area contributed by atoms with Gasteiger partial charge < -0.3 is 0 Å². The van der Waals surface area contributed by atoms with Gasteiger partial charge in [0.25, 0.3) is 0 Å². The van der Waals surface area contributed by atoms with E-state index in [1.807, 2.05) is 68.5 Å². The third-order valence-electron chi connectivity index (χ3n) is 3.78. The zero-order valence-corrected chi connectivity index (χ0v) is 14.0. The highest BCUT2D eigenvalue weighted by molar-refractivity contribution is 5.74. The van der Waals surface area contributed by atoms with Gasteiger partial charge in [0.05, 0.1) is 11.4 Å². The van der Waals surface area contributed by atoms with E-state index < -0.39 is 0 Å². The van der Waals surface area contributed by atoms with Crippen molar-refractivity contribution in [1.82, 2.24) is 9.97 Å². The zero-order chi connectivity index (χ0) is 16.8. The Hall–Kier alpha value is -3.00. The SMILES string of the molecule is C/C=C\C(=C/C)c1nc(-c2ccccc2)cc(-c2ccccc2)n1. The van der Waals surface area contributed by atoms with E-state index in [9.17, 15) is 0 Å². The van der Waals surface area contributed by atoms with E-state index in [1.165, 1.54) is 0 Å². The van der Waals surface area contributed by atoms with Crippen molar-refractivity contribution in [2.75, 3.05) is 0 Å². The van der Waals surface area contributed by atoms with Gasteiger partial charge in [-0.1, -0.05) is 78.9 Å². The summed E-state index contributed by atoms with van der Waals surface area (Å²) in [4.78, 5) is 9.58. The molecule has 0 N–H and O–H groups in total. The van der Waals surface area contributed by atoms with Crippen molar-refractivity contribution in [3.8, 4) is 22.5 Å². The Balaban J connectivity index is 2.20. The van der Waals surface area contributed by atoms with Gasteiger partial charge in [-0.25, -0.2) is 9.97 Å². The highest BCUT2D eigenvalue weighted by Crippen LogP contribution is 2.26. The van der Waals surface area contributed by atoms with Gasteiger partial charge in [0, 0.05) is 16.7 Å². The molecule has 0 unspecified atom stereocenters. The van der Waals surface area contributed by atoms with E-state index in [2.05, 4.69) is 30.3 Å². The summed E-state index contributed by atoms with van der Waals surface area (Å²) in [6.07, 6.45) is 6.09. The maximum atomic E-state index is 4.79. The van der Waals surface area contributed by atoms with Gasteiger partial charge in [0.15, 0.2) is 5.82 Å². The maximum Gasteiger partial charge on any atom is 0.160 e. The Kier molecular flexibility index (Phi) is 4.97. The van der Waals surface area contributed by atoms with Gasteiger partial charge in [0.2, 0.25) is 0 Å². The standard InChI is InChI=1S/C22H20N2/c1-3-11-17(4-2)22-23-20(18-12-7-5-8-13-18)16-21(24-22)19-14-9-6-10-15-19/h3-16H,1-2H3/b11-3-,17-4+. The number of rotatable bonds is 4. The molecule has 0 saturated carbocycles. The second-order valence-electron chi connectivity index (χ2n) is 5.44. The van der Waals surface area contributed by atoms with Crippen molar-refractivity contribution in [2.45, 2.75) is 13.8 Å². The lowest BCUT2D eigenvalue weighted by Crippen LogP contribution is -1.98. The minimum absolute atomic E-state index is 0.746. The summed E-state index contributed by atoms with van der Waals surface area (Å²) < 4.78 is 0. The van der Waals surface area contributed by atoms with Crippen LogP contribution in [0.1, 0.15) is 19.7 Å². The van der Waals surface area contributed by atoms with Gasteiger partial charge in [-0.05, 0) is 19.9 Å². The fourth-order valence-electron chi connectivity index (χ4n) is 2.57. The predicted octanol–water partition coefficient (Wildman–Crippen LogP) is 5.79. The molecule has 1 heterocycles. The molecule has 0 aliphatic carbocycles. The van der Waals surface area contributed by atoms with Crippen LogP contribution in [0.3, 0.4) is 0 Å². The van der Waals surface area contributed by atoms with Crippen LogP contribution >= 0.6 is 0 Å². The molecule has 0 atom stereocenters. The second-order valence-corrected chi connectivity index (χ2v) is 5.44. The Morgan fingerprint density at radius 1 is 0.750 bits per heavy atom. The summed E-state index contributed by atoms with van der Waals surface area (Å²) in [7, 11) is 0. The van der Waals surface area contributed by atoms with Gasteiger partial charge in [-0.2, -0.15) is 0 Å². The van der Waals surface area contributed by atoms with Crippen LogP contribution in [0.15, 0.2) is 85.0 Å². The molecular formula is C22H20N2. The fraction of sp³-hybridized carbons (Fsp3) is 0.0909. The van der Waals surface area contributed by atoms with Gasteiger partial charge in [0.1, 0.15) is 0 Å². The summed E-state index contributed by atoms with van der Waals surface area (Å²) in [6.45, 7) is 4.01. The summed E-state index contributed by atoms with van der Waals surface area (Å²) in [5.41, 5.74) is 5.07. The fourth-order valence-corrected chi connectivity index (χ4v) is 2.57. The van der Waals surface area contributed by atoms with Gasteiger partial charge in [-0.15, -0.1) is 0 Å². The van der Waals surface area contributed by atoms with Crippen molar-refractivity contribution in [1.29, 1.82) is 0 Å². The van der Waals surface area contributed by atoms with E-state index in [4.69, 9.17) is 9.97 Å². The molecule has 0 amide bonds. The number of benzene rings is 2. The zero-order valence-electron chi connectivity index (χ0n) is 14.0. The molecule has 118 valence electrons. The van der Waals surface area contributed by atoms with Crippen LogP contribution in [-0.4, -0.2) is 9.97 Å². The van der Waals surface area contributed by atoms with Crippen molar-refractivity contribution in [2.24, 2.45) is 0 Å². The minimum atomic E-state index is 0.746. The average Bonchev–Trinajstić information content (AvgIpc) is 2.67. The first-order chi connectivity index (χ1) is 11.8. The number of hydrogen-bond donors (Lipinski definition) is 0. The van der Waals surface area contributed by atoms with E-state index in [0.717, 1.165) is 33.9 Å². The predicted molar refractivity (Wildman–Crippen MR) is 101 cm³/mol. The Morgan fingerprint density at radius 3 is 1.67 bits per heavy atom. The van der Waals surface area contributed by atoms with Crippen LogP contribution in [0.5, 0.6) is 0 Å². The molecule has 0 spiro atoms. The molecular weight excluding hydrogens is 292 g/mol. The highest BCUT2D eigenvalue weighted by Gasteiger charge is 2.10. The molecule has 0 aliphatic heterocycles. The third kappa shape index (κ3) is 3.49. The molecule has 2 nitrogen and oxygen atoms in total. The lowest BCUT2D eigenvalue weighted by molar-refractivity contribution is 1.13. The molecule has 2 heteroatoms. The first kappa shape index (κ1) is 15.9. The first-order valence-corrected chi connectivity index (χ1v) is 8.11.